The van der Waals surface area contributed by atoms with Crippen molar-refractivity contribution in [3.63, 3.8) is 0 Å². The van der Waals surface area contributed by atoms with Crippen molar-refractivity contribution in [3.05, 3.63) is 22.4 Å². The van der Waals surface area contributed by atoms with Crippen LogP contribution in [0.5, 0.6) is 0 Å². The van der Waals surface area contributed by atoms with E-state index in [2.05, 4.69) is 23.8 Å². The van der Waals surface area contributed by atoms with E-state index in [0.717, 1.165) is 6.61 Å². The van der Waals surface area contributed by atoms with E-state index in [1.165, 1.54) is 18.4 Å². The van der Waals surface area contributed by atoms with Gasteiger partial charge in [-0.25, -0.2) is 0 Å². The van der Waals surface area contributed by atoms with Crippen molar-refractivity contribution < 1.29 is 4.74 Å². The summed E-state index contributed by atoms with van der Waals surface area (Å²) >= 11 is 1.77. The van der Waals surface area contributed by atoms with Crippen LogP contribution in [0.2, 0.25) is 0 Å². The highest BCUT2D eigenvalue weighted by Gasteiger charge is 2.38. The van der Waals surface area contributed by atoms with Crippen LogP contribution in [-0.4, -0.2) is 12.2 Å². The summed E-state index contributed by atoms with van der Waals surface area (Å²) in [5.74, 6) is 0. The molecular weight excluding hydrogens is 156 g/mol. The summed E-state index contributed by atoms with van der Waals surface area (Å²) in [5.41, 5.74) is 1.67. The number of thiophene rings is 1. The molecular formula is C9H12OS. The van der Waals surface area contributed by atoms with E-state index >= 15 is 0 Å². The fourth-order valence-electron chi connectivity index (χ4n) is 1.11. The van der Waals surface area contributed by atoms with Crippen molar-refractivity contribution in [2.24, 2.45) is 0 Å². The molecule has 0 spiro atoms. The Morgan fingerprint density at radius 3 is 3.09 bits per heavy atom. The second-order valence-corrected chi connectivity index (χ2v) is 4.15. The Labute approximate surface area is 71.0 Å². The van der Waals surface area contributed by atoms with E-state index in [0.29, 0.717) is 0 Å². The van der Waals surface area contributed by atoms with Gasteiger partial charge in [-0.15, -0.1) is 0 Å². The van der Waals surface area contributed by atoms with Crippen molar-refractivity contribution in [1.29, 1.82) is 0 Å². The summed E-state index contributed by atoms with van der Waals surface area (Å²) < 4.78 is 5.30. The molecule has 1 atom stereocenters. The molecule has 1 aromatic heterocycles. The van der Waals surface area contributed by atoms with Gasteiger partial charge in [0.05, 0.1) is 12.2 Å². The first kappa shape index (κ1) is 7.32. The van der Waals surface area contributed by atoms with Crippen LogP contribution >= 0.6 is 11.3 Å². The third-order valence-corrected chi connectivity index (χ3v) is 2.89. The molecule has 60 valence electrons. The second kappa shape index (κ2) is 2.61. The van der Waals surface area contributed by atoms with Crippen molar-refractivity contribution >= 4 is 11.3 Å². The zero-order valence-corrected chi connectivity index (χ0v) is 7.49. The summed E-state index contributed by atoms with van der Waals surface area (Å²) in [4.78, 5) is 0. The van der Waals surface area contributed by atoms with E-state index in [4.69, 9.17) is 4.74 Å². The van der Waals surface area contributed by atoms with Crippen molar-refractivity contribution in [2.75, 3.05) is 6.61 Å². The molecule has 0 N–H and O–H groups in total. The van der Waals surface area contributed by atoms with E-state index < -0.39 is 0 Å². The molecule has 1 aromatic rings. The van der Waals surface area contributed by atoms with Gasteiger partial charge in [0, 0.05) is 0 Å². The Morgan fingerprint density at radius 1 is 1.73 bits per heavy atom. The molecule has 2 heteroatoms. The molecule has 1 saturated heterocycles. The Balaban J connectivity index is 1.83. The highest BCUT2D eigenvalue weighted by molar-refractivity contribution is 7.07. The second-order valence-electron chi connectivity index (χ2n) is 3.37. The van der Waals surface area contributed by atoms with Gasteiger partial charge in [-0.3, -0.25) is 0 Å². The number of hydrogen-bond acceptors (Lipinski definition) is 2. The summed E-state index contributed by atoms with van der Waals surface area (Å²) in [6.07, 6.45) is 2.34. The van der Waals surface area contributed by atoms with Gasteiger partial charge in [0.1, 0.15) is 0 Å². The van der Waals surface area contributed by atoms with Gasteiger partial charge in [-0.05, 0) is 42.2 Å². The predicted molar refractivity (Wildman–Crippen MR) is 47.0 cm³/mol. The molecule has 0 saturated carbocycles. The molecule has 0 aromatic carbocycles. The summed E-state index contributed by atoms with van der Waals surface area (Å²) in [5, 5.41) is 4.34. The average molecular weight is 168 g/mol. The number of hydrogen-bond donors (Lipinski definition) is 0. The largest absolute Gasteiger partial charge is 0.370 e. The standard InChI is InChI=1S/C9H12OS/c1-9(7-10-9)4-2-8-3-5-11-6-8/h3,5-6H,2,4,7H2,1H3. The van der Waals surface area contributed by atoms with E-state index in [1.54, 1.807) is 11.3 Å². The molecule has 2 heterocycles. The van der Waals surface area contributed by atoms with Crippen LogP contribution in [0.1, 0.15) is 18.9 Å². The Kier molecular flexibility index (Phi) is 1.74. The lowest BCUT2D eigenvalue weighted by molar-refractivity contribution is 0.309. The lowest BCUT2D eigenvalue weighted by Crippen LogP contribution is -2.04. The first-order valence-electron chi connectivity index (χ1n) is 3.94. The molecule has 0 aliphatic carbocycles. The first-order valence-corrected chi connectivity index (χ1v) is 4.88. The zero-order chi connectivity index (χ0) is 7.73. The SMILES string of the molecule is CC1(CCc2ccsc2)CO1. The third-order valence-electron chi connectivity index (χ3n) is 2.16. The van der Waals surface area contributed by atoms with Crippen molar-refractivity contribution in [3.8, 4) is 0 Å². The molecule has 1 nitrogen and oxygen atoms in total. The number of ether oxygens (including phenoxy) is 1. The van der Waals surface area contributed by atoms with Crippen LogP contribution in [0.3, 0.4) is 0 Å². The monoisotopic (exact) mass is 168 g/mol. The average Bonchev–Trinajstić information content (AvgIpc) is 2.53. The molecule has 1 aliphatic heterocycles. The van der Waals surface area contributed by atoms with Crippen LogP contribution in [0.25, 0.3) is 0 Å². The van der Waals surface area contributed by atoms with E-state index in [1.807, 2.05) is 0 Å². The third kappa shape index (κ3) is 1.82. The lowest BCUT2D eigenvalue weighted by atomic mass is 10.0. The van der Waals surface area contributed by atoms with Gasteiger partial charge in [0.2, 0.25) is 0 Å². The quantitative estimate of drug-likeness (QED) is 0.632. The van der Waals surface area contributed by atoms with Gasteiger partial charge in [0.15, 0.2) is 0 Å². The smallest absolute Gasteiger partial charge is 0.0891 e. The lowest BCUT2D eigenvalue weighted by Gasteiger charge is -2.01. The van der Waals surface area contributed by atoms with Crippen LogP contribution in [0.15, 0.2) is 16.8 Å². The van der Waals surface area contributed by atoms with Crippen molar-refractivity contribution in [1.82, 2.24) is 0 Å². The van der Waals surface area contributed by atoms with Crippen molar-refractivity contribution in [2.45, 2.75) is 25.4 Å². The number of epoxide rings is 1. The molecule has 1 aliphatic rings. The minimum Gasteiger partial charge on any atom is -0.370 e. The van der Waals surface area contributed by atoms with Crippen LogP contribution in [-0.2, 0) is 11.2 Å². The van der Waals surface area contributed by atoms with Gasteiger partial charge in [-0.2, -0.15) is 11.3 Å². The Morgan fingerprint density at radius 2 is 2.55 bits per heavy atom. The van der Waals surface area contributed by atoms with Crippen LogP contribution in [0.4, 0.5) is 0 Å². The summed E-state index contributed by atoms with van der Waals surface area (Å²) in [6.45, 7) is 3.14. The van der Waals surface area contributed by atoms with Crippen LogP contribution < -0.4 is 0 Å². The minimum atomic E-state index is 0.224. The molecule has 11 heavy (non-hydrogen) atoms. The van der Waals surface area contributed by atoms with Gasteiger partial charge in [0.25, 0.3) is 0 Å². The maximum absolute atomic E-state index is 5.30. The summed E-state index contributed by atoms with van der Waals surface area (Å²) in [6, 6.07) is 2.19. The Hall–Kier alpha value is -0.340. The maximum atomic E-state index is 5.30. The summed E-state index contributed by atoms with van der Waals surface area (Å²) in [7, 11) is 0. The molecule has 0 radical (unpaired) electrons. The number of aryl methyl sites for hydroxylation is 1. The highest BCUT2D eigenvalue weighted by Crippen LogP contribution is 2.31. The van der Waals surface area contributed by atoms with E-state index in [-0.39, 0.29) is 5.60 Å². The molecule has 0 bridgehead atoms. The maximum Gasteiger partial charge on any atom is 0.0891 e. The highest BCUT2D eigenvalue weighted by atomic mass is 32.1. The minimum absolute atomic E-state index is 0.224. The van der Waals surface area contributed by atoms with E-state index in [9.17, 15) is 0 Å². The fourth-order valence-corrected chi connectivity index (χ4v) is 1.81. The zero-order valence-electron chi connectivity index (χ0n) is 6.67. The van der Waals surface area contributed by atoms with Gasteiger partial charge < -0.3 is 4.74 Å². The number of rotatable bonds is 3. The predicted octanol–water partition coefficient (Wildman–Crippen LogP) is 2.47. The normalized spacial score (nSPS) is 28.8. The Bertz CT molecular complexity index is 224. The van der Waals surface area contributed by atoms with Gasteiger partial charge in [-0.1, -0.05) is 0 Å². The molecule has 1 unspecified atom stereocenters. The molecule has 2 rings (SSSR count). The first-order chi connectivity index (χ1) is 5.29. The molecule has 0 amide bonds. The fraction of sp³-hybridized carbons (Fsp3) is 0.556. The van der Waals surface area contributed by atoms with Crippen LogP contribution in [0, 0.1) is 0 Å². The van der Waals surface area contributed by atoms with Gasteiger partial charge >= 0.3 is 0 Å². The topological polar surface area (TPSA) is 12.5 Å². The molecule has 1 fully saturated rings.